The Labute approximate surface area is 130 Å². The summed E-state index contributed by atoms with van der Waals surface area (Å²) >= 11 is 0. The Hall–Kier alpha value is -0.693. The van der Waals surface area contributed by atoms with Crippen LogP contribution in [0.5, 0.6) is 0 Å². The van der Waals surface area contributed by atoms with E-state index >= 15 is 0 Å². The molecule has 0 atom stereocenters. The van der Waals surface area contributed by atoms with Gasteiger partial charge in [0, 0.05) is 31.9 Å². The van der Waals surface area contributed by atoms with Crippen molar-refractivity contribution in [3.05, 3.63) is 12.7 Å². The molecule has 5 nitrogen and oxygen atoms in total. The van der Waals surface area contributed by atoms with Crippen LogP contribution in [0.15, 0.2) is 12.7 Å². The van der Waals surface area contributed by atoms with Crippen molar-refractivity contribution < 1.29 is 22.8 Å². The minimum Gasteiger partial charge on any atom is -0.463 e. The van der Waals surface area contributed by atoms with Crippen LogP contribution < -0.4 is 0 Å². The molecule has 0 bridgehead atoms. The average molecular weight is 318 g/mol. The average Bonchev–Trinajstić information content (AvgIpc) is 2.46. The van der Waals surface area contributed by atoms with Gasteiger partial charge in [-0.25, -0.2) is 4.79 Å². The first-order valence-electron chi connectivity index (χ1n) is 7.85. The van der Waals surface area contributed by atoms with Gasteiger partial charge in [-0.3, -0.25) is 0 Å². The Kier molecular flexibility index (Phi) is 12.6. The molecule has 0 aromatic rings. The van der Waals surface area contributed by atoms with Gasteiger partial charge >= 0.3 is 14.8 Å². The first kappa shape index (κ1) is 20.3. The molecule has 0 rings (SSSR count). The molecule has 0 heterocycles. The Balaban J connectivity index is 3.91. The fourth-order valence-electron chi connectivity index (χ4n) is 2.03. The highest BCUT2D eigenvalue weighted by Gasteiger charge is 2.39. The van der Waals surface area contributed by atoms with Gasteiger partial charge < -0.3 is 18.0 Å². The van der Waals surface area contributed by atoms with Crippen LogP contribution in [-0.2, 0) is 22.8 Å². The summed E-state index contributed by atoms with van der Waals surface area (Å²) in [6.45, 7) is 11.6. The lowest BCUT2D eigenvalue weighted by Gasteiger charge is -2.28. The molecule has 0 saturated carbocycles. The molecule has 0 unspecified atom stereocenters. The standard InChI is InChI=1S/C15H30O5Si/c1-5-15(16)17-13-11-9-10-12-14-21(18-6-2,19-7-3)20-8-4/h5H,1,6-14H2,2-4H3. The lowest BCUT2D eigenvalue weighted by molar-refractivity contribution is -0.137. The molecule has 6 heteroatoms. The largest absolute Gasteiger partial charge is 0.500 e. The van der Waals surface area contributed by atoms with E-state index in [1.165, 1.54) is 6.08 Å². The van der Waals surface area contributed by atoms with E-state index < -0.39 is 8.80 Å². The summed E-state index contributed by atoms with van der Waals surface area (Å²) < 4.78 is 22.3. The zero-order chi connectivity index (χ0) is 16.0. The van der Waals surface area contributed by atoms with Gasteiger partial charge in [0.1, 0.15) is 0 Å². The highest BCUT2D eigenvalue weighted by molar-refractivity contribution is 6.60. The van der Waals surface area contributed by atoms with Crippen LogP contribution >= 0.6 is 0 Å². The predicted octanol–water partition coefficient (Wildman–Crippen LogP) is 3.32. The quantitative estimate of drug-likeness (QED) is 0.213. The lowest BCUT2D eigenvalue weighted by atomic mass is 10.2. The van der Waals surface area contributed by atoms with Crippen LogP contribution in [0.3, 0.4) is 0 Å². The van der Waals surface area contributed by atoms with Crippen molar-refractivity contribution in [1.29, 1.82) is 0 Å². The van der Waals surface area contributed by atoms with Gasteiger partial charge in [0.25, 0.3) is 0 Å². The molecule has 0 aromatic carbocycles. The molecular weight excluding hydrogens is 288 g/mol. The van der Waals surface area contributed by atoms with Crippen LogP contribution in [0.2, 0.25) is 6.04 Å². The van der Waals surface area contributed by atoms with Crippen LogP contribution in [0.25, 0.3) is 0 Å². The van der Waals surface area contributed by atoms with Crippen molar-refractivity contribution in [2.75, 3.05) is 26.4 Å². The van der Waals surface area contributed by atoms with E-state index in [9.17, 15) is 4.79 Å². The van der Waals surface area contributed by atoms with Crippen molar-refractivity contribution in [2.45, 2.75) is 52.5 Å². The zero-order valence-electron chi connectivity index (χ0n) is 13.7. The highest BCUT2D eigenvalue weighted by Crippen LogP contribution is 2.20. The Morgan fingerprint density at radius 3 is 1.95 bits per heavy atom. The van der Waals surface area contributed by atoms with Crippen molar-refractivity contribution in [3.63, 3.8) is 0 Å². The molecule has 0 aliphatic carbocycles. The predicted molar refractivity (Wildman–Crippen MR) is 85.1 cm³/mol. The third kappa shape index (κ3) is 9.79. The number of carbonyl (C=O) groups is 1. The topological polar surface area (TPSA) is 54.0 Å². The fourth-order valence-corrected chi connectivity index (χ4v) is 4.72. The minimum absolute atomic E-state index is 0.356. The fraction of sp³-hybridized carbons (Fsp3) is 0.800. The molecule has 0 saturated heterocycles. The monoisotopic (exact) mass is 318 g/mol. The molecule has 0 fully saturated rings. The molecule has 0 spiro atoms. The number of rotatable bonds is 14. The third-order valence-corrected chi connectivity index (χ3v) is 6.03. The SMILES string of the molecule is C=CC(=O)OCCCCCC[Si](OCC)(OCC)OCC. The summed E-state index contributed by atoms with van der Waals surface area (Å²) in [5, 5.41) is 0. The van der Waals surface area contributed by atoms with Gasteiger partial charge in [-0.1, -0.05) is 19.4 Å². The second kappa shape index (κ2) is 13.0. The van der Waals surface area contributed by atoms with E-state index in [1.807, 2.05) is 20.8 Å². The lowest BCUT2D eigenvalue weighted by Crippen LogP contribution is -2.45. The van der Waals surface area contributed by atoms with Crippen molar-refractivity contribution in [2.24, 2.45) is 0 Å². The van der Waals surface area contributed by atoms with Crippen LogP contribution in [0.4, 0.5) is 0 Å². The van der Waals surface area contributed by atoms with Crippen molar-refractivity contribution in [1.82, 2.24) is 0 Å². The van der Waals surface area contributed by atoms with E-state index in [2.05, 4.69) is 6.58 Å². The maximum atomic E-state index is 10.9. The number of carbonyl (C=O) groups excluding carboxylic acids is 1. The third-order valence-electron chi connectivity index (χ3n) is 2.88. The molecule has 124 valence electrons. The Morgan fingerprint density at radius 2 is 1.48 bits per heavy atom. The molecular formula is C15H30O5Si. The molecule has 0 aliphatic heterocycles. The van der Waals surface area contributed by atoms with Gasteiger partial charge in [0.15, 0.2) is 0 Å². The maximum absolute atomic E-state index is 10.9. The molecule has 0 aromatic heterocycles. The number of ether oxygens (including phenoxy) is 1. The minimum atomic E-state index is -2.49. The van der Waals surface area contributed by atoms with Crippen molar-refractivity contribution in [3.8, 4) is 0 Å². The van der Waals surface area contributed by atoms with Gasteiger partial charge in [-0.15, -0.1) is 0 Å². The summed E-state index contributed by atoms with van der Waals surface area (Å²) in [6, 6.07) is 0.842. The van der Waals surface area contributed by atoms with E-state index in [4.69, 9.17) is 18.0 Å². The maximum Gasteiger partial charge on any atom is 0.500 e. The Bertz CT molecular complexity index is 266. The summed E-state index contributed by atoms with van der Waals surface area (Å²) in [6.07, 6.45) is 5.12. The second-order valence-electron chi connectivity index (χ2n) is 4.52. The van der Waals surface area contributed by atoms with E-state index in [-0.39, 0.29) is 5.97 Å². The molecule has 0 radical (unpaired) electrons. The number of hydrogen-bond acceptors (Lipinski definition) is 5. The van der Waals surface area contributed by atoms with Crippen LogP contribution in [0, 0.1) is 0 Å². The molecule has 21 heavy (non-hydrogen) atoms. The van der Waals surface area contributed by atoms with E-state index in [1.54, 1.807) is 0 Å². The summed E-state index contributed by atoms with van der Waals surface area (Å²) in [5.74, 6) is -0.356. The van der Waals surface area contributed by atoms with Crippen LogP contribution in [-0.4, -0.2) is 41.2 Å². The van der Waals surface area contributed by atoms with Gasteiger partial charge in [-0.2, -0.15) is 0 Å². The summed E-state index contributed by atoms with van der Waals surface area (Å²) in [4.78, 5) is 10.9. The normalized spacial score (nSPS) is 11.4. The first-order chi connectivity index (χ1) is 10.1. The highest BCUT2D eigenvalue weighted by atomic mass is 28.4. The molecule has 0 aliphatic rings. The molecule has 0 N–H and O–H groups in total. The smallest absolute Gasteiger partial charge is 0.463 e. The number of hydrogen-bond donors (Lipinski definition) is 0. The summed E-state index contributed by atoms with van der Waals surface area (Å²) in [5.41, 5.74) is 0. The van der Waals surface area contributed by atoms with Crippen molar-refractivity contribution >= 4 is 14.8 Å². The van der Waals surface area contributed by atoms with Gasteiger partial charge in [0.2, 0.25) is 0 Å². The summed E-state index contributed by atoms with van der Waals surface area (Å²) in [7, 11) is -2.49. The van der Waals surface area contributed by atoms with Crippen LogP contribution in [0.1, 0.15) is 46.5 Å². The van der Waals surface area contributed by atoms with E-state index in [0.29, 0.717) is 26.4 Å². The number of unbranched alkanes of at least 4 members (excludes halogenated alkanes) is 3. The van der Waals surface area contributed by atoms with E-state index in [0.717, 1.165) is 31.7 Å². The van der Waals surface area contributed by atoms with Gasteiger partial charge in [-0.05, 0) is 33.6 Å². The number of esters is 1. The molecule has 0 amide bonds. The first-order valence-corrected chi connectivity index (χ1v) is 9.78. The second-order valence-corrected chi connectivity index (χ2v) is 7.25. The Morgan fingerprint density at radius 1 is 0.952 bits per heavy atom. The zero-order valence-corrected chi connectivity index (χ0v) is 14.7. The van der Waals surface area contributed by atoms with Gasteiger partial charge in [0.05, 0.1) is 6.61 Å².